The first kappa shape index (κ1) is 15.3. The van der Waals surface area contributed by atoms with Gasteiger partial charge in [-0.05, 0) is 61.0 Å². The van der Waals surface area contributed by atoms with Crippen molar-refractivity contribution >= 4 is 33.8 Å². The number of nitrogens with zero attached hydrogens (tertiary/aromatic N) is 1. The summed E-state index contributed by atoms with van der Waals surface area (Å²) in [4.78, 5) is 15.1. The summed E-state index contributed by atoms with van der Waals surface area (Å²) < 4.78 is 6.27. The van der Waals surface area contributed by atoms with Gasteiger partial charge in [0.15, 0.2) is 6.10 Å². The number of carboxylic acid groups (broad SMARTS) is 1. The van der Waals surface area contributed by atoms with E-state index in [9.17, 15) is 4.79 Å². The zero-order valence-electron chi connectivity index (χ0n) is 11.4. The van der Waals surface area contributed by atoms with Crippen LogP contribution in [0.3, 0.4) is 0 Å². The summed E-state index contributed by atoms with van der Waals surface area (Å²) in [5.74, 6) is -0.471. The number of ether oxygens (including phenoxy) is 1. The van der Waals surface area contributed by atoms with Crippen LogP contribution in [0.2, 0.25) is 0 Å². The second kappa shape index (κ2) is 7.04. The van der Waals surface area contributed by atoms with E-state index in [2.05, 4.69) is 20.9 Å². The van der Waals surface area contributed by atoms with Crippen LogP contribution in [0.15, 0.2) is 58.0 Å². The molecule has 0 heterocycles. The molecule has 2 aromatic carbocycles. The normalized spacial score (nSPS) is 12.3. The Kier molecular flexibility index (Phi) is 5.11. The average molecular weight is 348 g/mol. The van der Waals surface area contributed by atoms with Crippen LogP contribution in [-0.2, 0) is 4.79 Å². The summed E-state index contributed by atoms with van der Waals surface area (Å²) >= 11 is 3.37. The highest BCUT2D eigenvalue weighted by atomic mass is 79.9. The van der Waals surface area contributed by atoms with E-state index in [-0.39, 0.29) is 0 Å². The standard InChI is InChI=1S/C16H14BrNO3/c1-11(16(19)20)21-15-8-2-12(3-9-15)10-18-14-6-4-13(17)5-7-14/h2-11H,1H3,(H,19,20)/t11-/m1/s1. The van der Waals surface area contributed by atoms with Crippen molar-refractivity contribution in [2.24, 2.45) is 4.99 Å². The lowest BCUT2D eigenvalue weighted by molar-refractivity contribution is -0.144. The van der Waals surface area contributed by atoms with Gasteiger partial charge in [-0.2, -0.15) is 0 Å². The number of hydrogen-bond acceptors (Lipinski definition) is 3. The van der Waals surface area contributed by atoms with Gasteiger partial charge in [-0.25, -0.2) is 4.79 Å². The Morgan fingerprint density at radius 1 is 1.19 bits per heavy atom. The number of halogens is 1. The van der Waals surface area contributed by atoms with Crippen molar-refractivity contribution in [2.75, 3.05) is 0 Å². The van der Waals surface area contributed by atoms with E-state index in [0.717, 1.165) is 15.7 Å². The molecular formula is C16H14BrNO3. The van der Waals surface area contributed by atoms with Crippen LogP contribution in [0.4, 0.5) is 5.69 Å². The van der Waals surface area contributed by atoms with Crippen LogP contribution in [0.25, 0.3) is 0 Å². The molecule has 0 aliphatic carbocycles. The van der Waals surface area contributed by atoms with E-state index >= 15 is 0 Å². The average Bonchev–Trinajstić information content (AvgIpc) is 2.48. The monoisotopic (exact) mass is 347 g/mol. The number of carbonyl (C=O) groups is 1. The number of rotatable bonds is 5. The largest absolute Gasteiger partial charge is 0.479 e. The van der Waals surface area contributed by atoms with Gasteiger partial charge in [0.2, 0.25) is 0 Å². The molecule has 21 heavy (non-hydrogen) atoms. The maximum atomic E-state index is 10.7. The van der Waals surface area contributed by atoms with Gasteiger partial charge in [-0.1, -0.05) is 15.9 Å². The first-order valence-electron chi connectivity index (χ1n) is 6.34. The topological polar surface area (TPSA) is 58.9 Å². The minimum absolute atomic E-state index is 0.519. The molecule has 0 unspecified atom stereocenters. The van der Waals surface area contributed by atoms with Gasteiger partial charge in [0.25, 0.3) is 0 Å². The third-order valence-corrected chi connectivity index (χ3v) is 3.26. The van der Waals surface area contributed by atoms with E-state index in [1.165, 1.54) is 6.92 Å². The Morgan fingerprint density at radius 3 is 2.38 bits per heavy atom. The summed E-state index contributed by atoms with van der Waals surface area (Å²) in [6, 6.07) is 14.8. The Morgan fingerprint density at radius 2 is 1.81 bits per heavy atom. The van der Waals surface area contributed by atoms with Gasteiger partial charge in [0.1, 0.15) is 5.75 Å². The molecule has 0 amide bonds. The number of hydrogen-bond donors (Lipinski definition) is 1. The summed E-state index contributed by atoms with van der Waals surface area (Å²) in [6.07, 6.45) is 0.875. The van der Waals surface area contributed by atoms with Crippen LogP contribution in [-0.4, -0.2) is 23.4 Å². The van der Waals surface area contributed by atoms with E-state index in [4.69, 9.17) is 9.84 Å². The minimum atomic E-state index is -0.990. The van der Waals surface area contributed by atoms with Crippen LogP contribution < -0.4 is 4.74 Å². The van der Waals surface area contributed by atoms with Gasteiger partial charge >= 0.3 is 5.97 Å². The molecule has 1 atom stereocenters. The fourth-order valence-electron chi connectivity index (χ4n) is 1.56. The zero-order chi connectivity index (χ0) is 15.2. The predicted octanol–water partition coefficient (Wildman–Crippen LogP) is 4.05. The van der Waals surface area contributed by atoms with Crippen molar-refractivity contribution in [3.05, 3.63) is 58.6 Å². The highest BCUT2D eigenvalue weighted by Gasteiger charge is 2.11. The smallest absolute Gasteiger partial charge is 0.344 e. The Hall–Kier alpha value is -2.14. The van der Waals surface area contributed by atoms with E-state index < -0.39 is 12.1 Å². The van der Waals surface area contributed by atoms with Gasteiger partial charge in [-0.15, -0.1) is 0 Å². The van der Waals surface area contributed by atoms with Crippen molar-refractivity contribution in [3.8, 4) is 5.75 Å². The molecule has 1 N–H and O–H groups in total. The van der Waals surface area contributed by atoms with Gasteiger partial charge < -0.3 is 9.84 Å². The molecular weight excluding hydrogens is 334 g/mol. The van der Waals surface area contributed by atoms with Gasteiger partial charge in [-0.3, -0.25) is 4.99 Å². The van der Waals surface area contributed by atoms with Crippen molar-refractivity contribution in [3.63, 3.8) is 0 Å². The number of aliphatic imine (C=N–C) groups is 1. The third kappa shape index (κ3) is 4.72. The molecule has 0 aromatic heterocycles. The predicted molar refractivity (Wildman–Crippen MR) is 85.6 cm³/mol. The van der Waals surface area contributed by atoms with E-state index in [0.29, 0.717) is 5.75 Å². The molecule has 0 radical (unpaired) electrons. The molecule has 0 fully saturated rings. The Labute approximate surface area is 131 Å². The number of carboxylic acids is 1. The molecule has 0 bridgehead atoms. The molecule has 0 saturated heterocycles. The molecule has 0 aliphatic rings. The van der Waals surface area contributed by atoms with Crippen molar-refractivity contribution in [1.82, 2.24) is 0 Å². The van der Waals surface area contributed by atoms with E-state index in [1.807, 2.05) is 36.4 Å². The van der Waals surface area contributed by atoms with Crippen LogP contribution >= 0.6 is 15.9 Å². The molecule has 108 valence electrons. The summed E-state index contributed by atoms with van der Waals surface area (Å²) in [6.45, 7) is 1.49. The Balaban J connectivity index is 2.02. The molecule has 5 heteroatoms. The maximum absolute atomic E-state index is 10.7. The maximum Gasteiger partial charge on any atom is 0.344 e. The number of benzene rings is 2. The molecule has 2 aromatic rings. The van der Waals surface area contributed by atoms with Gasteiger partial charge in [0, 0.05) is 10.7 Å². The lowest BCUT2D eigenvalue weighted by atomic mass is 10.2. The SMILES string of the molecule is C[C@@H](Oc1ccc(C=Nc2ccc(Br)cc2)cc1)C(=O)O. The van der Waals surface area contributed by atoms with Crippen molar-refractivity contribution < 1.29 is 14.6 Å². The molecule has 0 spiro atoms. The zero-order valence-corrected chi connectivity index (χ0v) is 12.9. The summed E-state index contributed by atoms with van der Waals surface area (Å²) in [7, 11) is 0. The second-order valence-corrected chi connectivity index (χ2v) is 5.32. The second-order valence-electron chi connectivity index (χ2n) is 4.40. The summed E-state index contributed by atoms with van der Waals surface area (Å²) in [5.41, 5.74) is 1.77. The van der Waals surface area contributed by atoms with Crippen LogP contribution in [0.1, 0.15) is 12.5 Å². The minimum Gasteiger partial charge on any atom is -0.479 e. The van der Waals surface area contributed by atoms with Crippen molar-refractivity contribution in [1.29, 1.82) is 0 Å². The van der Waals surface area contributed by atoms with Crippen LogP contribution in [0.5, 0.6) is 5.75 Å². The molecule has 0 saturated carbocycles. The first-order chi connectivity index (χ1) is 10.0. The summed E-state index contributed by atoms with van der Waals surface area (Å²) in [5, 5.41) is 8.78. The Bertz CT molecular complexity index is 636. The lowest BCUT2D eigenvalue weighted by Crippen LogP contribution is -2.22. The lowest BCUT2D eigenvalue weighted by Gasteiger charge is -2.09. The van der Waals surface area contributed by atoms with Crippen molar-refractivity contribution in [2.45, 2.75) is 13.0 Å². The van der Waals surface area contributed by atoms with E-state index in [1.54, 1.807) is 18.3 Å². The van der Waals surface area contributed by atoms with Gasteiger partial charge in [0.05, 0.1) is 5.69 Å². The number of aliphatic carboxylic acids is 1. The van der Waals surface area contributed by atoms with Crippen LogP contribution in [0, 0.1) is 0 Å². The highest BCUT2D eigenvalue weighted by molar-refractivity contribution is 9.10. The fourth-order valence-corrected chi connectivity index (χ4v) is 1.83. The fraction of sp³-hybridized carbons (Fsp3) is 0.125. The highest BCUT2D eigenvalue weighted by Crippen LogP contribution is 2.17. The quantitative estimate of drug-likeness (QED) is 0.830. The first-order valence-corrected chi connectivity index (χ1v) is 7.13. The molecule has 0 aliphatic heterocycles. The third-order valence-electron chi connectivity index (χ3n) is 2.73. The molecule has 2 rings (SSSR count). The molecule has 4 nitrogen and oxygen atoms in total.